The summed E-state index contributed by atoms with van der Waals surface area (Å²) in [4.78, 5) is 7.00. The van der Waals surface area contributed by atoms with Crippen molar-refractivity contribution in [2.24, 2.45) is 5.92 Å². The highest BCUT2D eigenvalue weighted by Crippen LogP contribution is 2.25. The molecule has 1 saturated heterocycles. The Kier molecular flexibility index (Phi) is 3.59. The zero-order valence-electron chi connectivity index (χ0n) is 11.9. The Morgan fingerprint density at radius 2 is 1.90 bits per heavy atom. The number of aromatic nitrogens is 1. The van der Waals surface area contributed by atoms with E-state index in [1.165, 1.54) is 12.8 Å². The van der Waals surface area contributed by atoms with Crippen LogP contribution in [0.25, 0.3) is 11.1 Å². The summed E-state index contributed by atoms with van der Waals surface area (Å²) >= 11 is 0. The van der Waals surface area contributed by atoms with Gasteiger partial charge < -0.3 is 10.6 Å². The third-order valence-electron chi connectivity index (χ3n) is 4.08. The molecule has 0 aliphatic carbocycles. The van der Waals surface area contributed by atoms with Crippen molar-refractivity contribution in [3.8, 4) is 11.1 Å². The SMILES string of the molecule is CC1CCN(c2ccc(-c3cccc(N)c3)cn2)CC1. The Balaban J connectivity index is 1.78. The van der Waals surface area contributed by atoms with Crippen LogP contribution >= 0.6 is 0 Å². The zero-order chi connectivity index (χ0) is 13.9. The van der Waals surface area contributed by atoms with E-state index in [0.29, 0.717) is 0 Å². The Morgan fingerprint density at radius 3 is 2.55 bits per heavy atom. The number of pyridine rings is 1. The van der Waals surface area contributed by atoms with Gasteiger partial charge in [-0.25, -0.2) is 4.98 Å². The van der Waals surface area contributed by atoms with E-state index < -0.39 is 0 Å². The molecule has 104 valence electrons. The van der Waals surface area contributed by atoms with Gasteiger partial charge >= 0.3 is 0 Å². The number of nitrogens with two attached hydrogens (primary N) is 1. The largest absolute Gasteiger partial charge is 0.399 e. The van der Waals surface area contributed by atoms with Gasteiger partial charge in [-0.15, -0.1) is 0 Å². The van der Waals surface area contributed by atoms with E-state index in [0.717, 1.165) is 41.6 Å². The van der Waals surface area contributed by atoms with E-state index in [2.05, 4.69) is 35.0 Å². The van der Waals surface area contributed by atoms with Crippen molar-refractivity contribution in [1.82, 2.24) is 4.98 Å². The van der Waals surface area contributed by atoms with Crippen LogP contribution in [0.15, 0.2) is 42.6 Å². The lowest BCUT2D eigenvalue weighted by Crippen LogP contribution is -2.33. The maximum absolute atomic E-state index is 5.83. The normalized spacial score (nSPS) is 16.4. The quantitative estimate of drug-likeness (QED) is 0.846. The van der Waals surface area contributed by atoms with E-state index >= 15 is 0 Å². The molecule has 0 saturated carbocycles. The average Bonchev–Trinajstić information content (AvgIpc) is 2.48. The first kappa shape index (κ1) is 13.0. The number of nitrogens with zero attached hydrogens (tertiary/aromatic N) is 2. The van der Waals surface area contributed by atoms with Gasteiger partial charge in [-0.1, -0.05) is 19.1 Å². The van der Waals surface area contributed by atoms with Crippen molar-refractivity contribution in [3.05, 3.63) is 42.6 Å². The summed E-state index contributed by atoms with van der Waals surface area (Å²) in [6, 6.07) is 12.2. The minimum Gasteiger partial charge on any atom is -0.399 e. The average molecular weight is 267 g/mol. The van der Waals surface area contributed by atoms with Gasteiger partial charge in [0.2, 0.25) is 0 Å². The van der Waals surface area contributed by atoms with Crippen molar-refractivity contribution in [1.29, 1.82) is 0 Å². The van der Waals surface area contributed by atoms with E-state index in [-0.39, 0.29) is 0 Å². The molecule has 3 rings (SSSR count). The monoisotopic (exact) mass is 267 g/mol. The maximum Gasteiger partial charge on any atom is 0.128 e. The lowest BCUT2D eigenvalue weighted by Gasteiger charge is -2.31. The molecule has 1 aromatic carbocycles. The second-order valence-electron chi connectivity index (χ2n) is 5.70. The highest BCUT2D eigenvalue weighted by atomic mass is 15.2. The van der Waals surface area contributed by atoms with Gasteiger partial charge in [-0.05, 0) is 48.6 Å². The van der Waals surface area contributed by atoms with Gasteiger partial charge in [0.1, 0.15) is 5.82 Å². The van der Waals surface area contributed by atoms with E-state index in [4.69, 9.17) is 5.73 Å². The summed E-state index contributed by atoms with van der Waals surface area (Å²) in [5.74, 6) is 1.93. The molecule has 1 fully saturated rings. The van der Waals surface area contributed by atoms with Crippen LogP contribution < -0.4 is 10.6 Å². The van der Waals surface area contributed by atoms with Crippen molar-refractivity contribution >= 4 is 11.5 Å². The third-order valence-corrected chi connectivity index (χ3v) is 4.08. The van der Waals surface area contributed by atoms with Crippen molar-refractivity contribution < 1.29 is 0 Å². The first-order chi connectivity index (χ1) is 9.72. The minimum atomic E-state index is 0.789. The fourth-order valence-corrected chi connectivity index (χ4v) is 2.70. The molecule has 3 nitrogen and oxygen atoms in total. The van der Waals surface area contributed by atoms with Crippen molar-refractivity contribution in [3.63, 3.8) is 0 Å². The number of nitrogen functional groups attached to an aromatic ring is 1. The summed E-state index contributed by atoms with van der Waals surface area (Å²) in [6.07, 6.45) is 4.47. The summed E-state index contributed by atoms with van der Waals surface area (Å²) < 4.78 is 0. The van der Waals surface area contributed by atoms with E-state index in [1.807, 2.05) is 24.4 Å². The Morgan fingerprint density at radius 1 is 1.10 bits per heavy atom. The van der Waals surface area contributed by atoms with Crippen LogP contribution in [0.3, 0.4) is 0 Å². The molecule has 2 N–H and O–H groups in total. The van der Waals surface area contributed by atoms with Crippen LogP contribution in [-0.4, -0.2) is 18.1 Å². The van der Waals surface area contributed by atoms with Crippen LogP contribution in [0.1, 0.15) is 19.8 Å². The molecule has 20 heavy (non-hydrogen) atoms. The van der Waals surface area contributed by atoms with E-state index in [9.17, 15) is 0 Å². The van der Waals surface area contributed by atoms with Gasteiger partial charge in [0.15, 0.2) is 0 Å². The summed E-state index contributed by atoms with van der Waals surface area (Å²) in [5, 5.41) is 0. The van der Waals surface area contributed by atoms with E-state index in [1.54, 1.807) is 0 Å². The topological polar surface area (TPSA) is 42.1 Å². The second-order valence-corrected chi connectivity index (χ2v) is 5.70. The van der Waals surface area contributed by atoms with Gasteiger partial charge in [-0.3, -0.25) is 0 Å². The third kappa shape index (κ3) is 2.77. The molecule has 0 amide bonds. The van der Waals surface area contributed by atoms with Gasteiger partial charge in [0.05, 0.1) is 0 Å². The summed E-state index contributed by atoms with van der Waals surface area (Å²) in [6.45, 7) is 4.56. The zero-order valence-corrected chi connectivity index (χ0v) is 11.9. The lowest BCUT2D eigenvalue weighted by atomic mass is 9.99. The molecule has 1 aliphatic rings. The molecule has 2 aromatic rings. The van der Waals surface area contributed by atoms with Gasteiger partial charge in [0, 0.05) is 30.5 Å². The molecule has 0 bridgehead atoms. The van der Waals surface area contributed by atoms with Gasteiger partial charge in [-0.2, -0.15) is 0 Å². The Bertz CT molecular complexity index is 569. The standard InChI is InChI=1S/C17H21N3/c1-13-7-9-20(10-8-13)17-6-5-15(12-19-17)14-3-2-4-16(18)11-14/h2-6,11-13H,7-10,18H2,1H3. The molecular weight excluding hydrogens is 246 g/mol. The Hall–Kier alpha value is -2.03. The summed E-state index contributed by atoms with van der Waals surface area (Å²) in [5.41, 5.74) is 8.85. The molecule has 0 spiro atoms. The molecule has 0 atom stereocenters. The maximum atomic E-state index is 5.83. The highest BCUT2D eigenvalue weighted by Gasteiger charge is 2.16. The fraction of sp³-hybridized carbons (Fsp3) is 0.353. The number of benzene rings is 1. The number of rotatable bonds is 2. The predicted molar refractivity (Wildman–Crippen MR) is 84.7 cm³/mol. The highest BCUT2D eigenvalue weighted by molar-refractivity contribution is 5.67. The Labute approximate surface area is 120 Å². The molecule has 1 aromatic heterocycles. The molecule has 0 unspecified atom stereocenters. The first-order valence-corrected chi connectivity index (χ1v) is 7.29. The van der Waals surface area contributed by atoms with Crippen LogP contribution in [0, 0.1) is 5.92 Å². The number of hydrogen-bond donors (Lipinski definition) is 1. The molecule has 0 radical (unpaired) electrons. The molecule has 1 aliphatic heterocycles. The molecule has 3 heteroatoms. The fourth-order valence-electron chi connectivity index (χ4n) is 2.70. The van der Waals surface area contributed by atoms with Gasteiger partial charge in [0.25, 0.3) is 0 Å². The smallest absolute Gasteiger partial charge is 0.128 e. The second kappa shape index (κ2) is 5.53. The van der Waals surface area contributed by atoms with Crippen molar-refractivity contribution in [2.75, 3.05) is 23.7 Å². The summed E-state index contributed by atoms with van der Waals surface area (Å²) in [7, 11) is 0. The van der Waals surface area contributed by atoms with Crippen LogP contribution in [0.5, 0.6) is 0 Å². The van der Waals surface area contributed by atoms with Crippen LogP contribution in [-0.2, 0) is 0 Å². The molecule has 2 heterocycles. The number of anilines is 2. The number of piperidine rings is 1. The first-order valence-electron chi connectivity index (χ1n) is 7.29. The number of hydrogen-bond acceptors (Lipinski definition) is 3. The molecular formula is C17H21N3. The van der Waals surface area contributed by atoms with Crippen molar-refractivity contribution in [2.45, 2.75) is 19.8 Å². The van der Waals surface area contributed by atoms with Crippen LogP contribution in [0.2, 0.25) is 0 Å². The predicted octanol–water partition coefficient (Wildman–Crippen LogP) is 3.57. The lowest BCUT2D eigenvalue weighted by molar-refractivity contribution is 0.436. The van der Waals surface area contributed by atoms with Crippen LogP contribution in [0.4, 0.5) is 11.5 Å². The minimum absolute atomic E-state index is 0.789.